The molecule has 0 atom stereocenters. The molecule has 0 saturated heterocycles. The van der Waals surface area contributed by atoms with Crippen molar-refractivity contribution in [1.82, 2.24) is 4.98 Å². The van der Waals surface area contributed by atoms with E-state index in [4.69, 9.17) is 15.7 Å². The molecule has 2 N–H and O–H groups in total. The van der Waals surface area contributed by atoms with E-state index < -0.39 is 0 Å². The number of nitrogens with zero attached hydrogens (tertiary/aromatic N) is 2. The van der Waals surface area contributed by atoms with Crippen LogP contribution in [0.2, 0.25) is 0 Å². The molecule has 4 nitrogen and oxygen atoms in total. The Morgan fingerprint density at radius 3 is 2.89 bits per heavy atom. The first-order valence-corrected chi connectivity index (χ1v) is 6.09. The fourth-order valence-corrected chi connectivity index (χ4v) is 1.79. The summed E-state index contributed by atoms with van der Waals surface area (Å²) in [4.78, 5) is 3.93. The van der Waals surface area contributed by atoms with E-state index in [2.05, 4.69) is 4.98 Å². The highest BCUT2D eigenvalue weighted by Crippen LogP contribution is 2.19. The Morgan fingerprint density at radius 1 is 1.26 bits per heavy atom. The lowest BCUT2D eigenvalue weighted by atomic mass is 10.1. The first kappa shape index (κ1) is 13.1. The Morgan fingerprint density at radius 2 is 2.11 bits per heavy atom. The van der Waals surface area contributed by atoms with E-state index in [1.165, 1.54) is 0 Å². The summed E-state index contributed by atoms with van der Waals surface area (Å²) in [6, 6.07) is 13.4. The van der Waals surface area contributed by atoms with Gasteiger partial charge in [0.05, 0.1) is 0 Å². The number of hydrogen-bond donors (Lipinski definition) is 1. The summed E-state index contributed by atoms with van der Waals surface area (Å²) in [5.41, 5.74) is 8.00. The molecule has 0 aliphatic rings. The second-order valence-corrected chi connectivity index (χ2v) is 4.10. The number of benzene rings is 1. The van der Waals surface area contributed by atoms with Crippen molar-refractivity contribution in [3.63, 3.8) is 0 Å². The van der Waals surface area contributed by atoms with Gasteiger partial charge in [-0.3, -0.25) is 0 Å². The summed E-state index contributed by atoms with van der Waals surface area (Å²) in [6.45, 7) is 1.01. The van der Waals surface area contributed by atoms with Gasteiger partial charge in [0.1, 0.15) is 24.1 Å². The van der Waals surface area contributed by atoms with E-state index in [9.17, 15) is 0 Å². The highest BCUT2D eigenvalue weighted by atomic mass is 16.5. The molecular weight excluding hydrogens is 238 g/mol. The molecule has 0 amide bonds. The molecule has 0 aliphatic heterocycles. The average Bonchev–Trinajstić information content (AvgIpc) is 2.47. The summed E-state index contributed by atoms with van der Waals surface area (Å²) >= 11 is 0. The van der Waals surface area contributed by atoms with Crippen LogP contribution < -0.4 is 10.5 Å². The highest BCUT2D eigenvalue weighted by Gasteiger charge is 2.03. The largest absolute Gasteiger partial charge is 0.489 e. The molecule has 4 heteroatoms. The molecule has 96 valence electrons. The smallest absolute Gasteiger partial charge is 0.140 e. The van der Waals surface area contributed by atoms with Crippen molar-refractivity contribution in [3.8, 4) is 11.8 Å². The highest BCUT2D eigenvalue weighted by molar-refractivity contribution is 5.34. The minimum Gasteiger partial charge on any atom is -0.489 e. The lowest BCUT2D eigenvalue weighted by Gasteiger charge is -2.10. The van der Waals surface area contributed by atoms with Crippen molar-refractivity contribution >= 4 is 0 Å². The van der Waals surface area contributed by atoms with Gasteiger partial charge in [0, 0.05) is 6.20 Å². The normalized spacial score (nSPS) is 9.89. The topological polar surface area (TPSA) is 71.9 Å². The number of para-hydroxylation sites is 1. The molecule has 2 aromatic rings. The number of aromatic nitrogens is 1. The number of rotatable bonds is 5. The number of nitrogens with two attached hydrogens (primary N) is 1. The van der Waals surface area contributed by atoms with E-state index in [1.54, 1.807) is 12.3 Å². The van der Waals surface area contributed by atoms with Crippen molar-refractivity contribution in [2.24, 2.45) is 5.73 Å². The van der Waals surface area contributed by atoms with Crippen molar-refractivity contribution in [2.45, 2.75) is 13.0 Å². The zero-order chi connectivity index (χ0) is 13.5. The molecule has 0 radical (unpaired) electrons. The predicted molar refractivity (Wildman–Crippen MR) is 72.5 cm³/mol. The van der Waals surface area contributed by atoms with Crippen molar-refractivity contribution in [2.75, 3.05) is 6.54 Å². The van der Waals surface area contributed by atoms with Crippen LogP contribution >= 0.6 is 0 Å². The van der Waals surface area contributed by atoms with Crippen molar-refractivity contribution < 1.29 is 4.74 Å². The van der Waals surface area contributed by atoms with Crippen LogP contribution in [-0.2, 0) is 13.0 Å². The Hall–Kier alpha value is -2.38. The van der Waals surface area contributed by atoms with Crippen LogP contribution in [0.4, 0.5) is 0 Å². The quantitative estimate of drug-likeness (QED) is 0.885. The molecule has 0 bridgehead atoms. The van der Waals surface area contributed by atoms with Crippen LogP contribution in [0, 0.1) is 11.3 Å². The van der Waals surface area contributed by atoms with Gasteiger partial charge in [-0.25, -0.2) is 4.98 Å². The lowest BCUT2D eigenvalue weighted by molar-refractivity contribution is 0.303. The van der Waals surface area contributed by atoms with Gasteiger partial charge in [-0.1, -0.05) is 18.2 Å². The number of pyridine rings is 1. The molecule has 1 heterocycles. The van der Waals surface area contributed by atoms with Crippen LogP contribution in [-0.4, -0.2) is 11.5 Å². The monoisotopic (exact) mass is 253 g/mol. The van der Waals surface area contributed by atoms with E-state index in [1.807, 2.05) is 36.4 Å². The number of nitriles is 1. The summed E-state index contributed by atoms with van der Waals surface area (Å²) in [5.74, 6) is 0.836. The maximum atomic E-state index is 8.79. The van der Waals surface area contributed by atoms with Crippen LogP contribution in [0.3, 0.4) is 0 Å². The summed E-state index contributed by atoms with van der Waals surface area (Å²) in [7, 11) is 0. The van der Waals surface area contributed by atoms with E-state index in [-0.39, 0.29) is 0 Å². The summed E-state index contributed by atoms with van der Waals surface area (Å²) < 4.78 is 5.78. The molecule has 2 rings (SSSR count). The van der Waals surface area contributed by atoms with E-state index in [0.29, 0.717) is 18.8 Å². The molecule has 0 saturated carbocycles. The van der Waals surface area contributed by atoms with Crippen LogP contribution in [0.15, 0.2) is 42.6 Å². The third-order valence-electron chi connectivity index (χ3n) is 2.72. The lowest BCUT2D eigenvalue weighted by Crippen LogP contribution is -2.05. The molecule has 19 heavy (non-hydrogen) atoms. The third kappa shape index (κ3) is 3.54. The fraction of sp³-hybridized carbons (Fsp3) is 0.200. The molecule has 0 fully saturated rings. The SMILES string of the molecule is N#Cc1cc(COc2ccccc2CCN)ccn1. The number of hydrogen-bond acceptors (Lipinski definition) is 4. The second-order valence-electron chi connectivity index (χ2n) is 4.10. The summed E-state index contributed by atoms with van der Waals surface area (Å²) in [6.07, 6.45) is 2.40. The zero-order valence-corrected chi connectivity index (χ0v) is 10.5. The Balaban J connectivity index is 2.08. The average molecular weight is 253 g/mol. The number of ether oxygens (including phenoxy) is 1. The molecule has 1 aromatic heterocycles. The summed E-state index contributed by atoms with van der Waals surface area (Å²) in [5, 5.41) is 8.79. The Bertz CT molecular complexity index is 590. The van der Waals surface area contributed by atoms with Gasteiger partial charge in [0.15, 0.2) is 0 Å². The van der Waals surface area contributed by atoms with Gasteiger partial charge >= 0.3 is 0 Å². The van der Waals surface area contributed by atoms with Crippen LogP contribution in [0.5, 0.6) is 5.75 Å². The predicted octanol–water partition coefficient (Wildman–Crippen LogP) is 2.03. The van der Waals surface area contributed by atoms with Gasteiger partial charge in [0.25, 0.3) is 0 Å². The molecule has 0 unspecified atom stereocenters. The van der Waals surface area contributed by atoms with E-state index in [0.717, 1.165) is 23.3 Å². The minimum absolute atomic E-state index is 0.399. The first-order chi connectivity index (χ1) is 9.33. The first-order valence-electron chi connectivity index (χ1n) is 6.09. The fourth-order valence-electron chi connectivity index (χ4n) is 1.79. The van der Waals surface area contributed by atoms with E-state index >= 15 is 0 Å². The standard InChI is InChI=1S/C15H15N3O/c16-7-5-13-3-1-2-4-15(13)19-11-12-6-8-18-14(9-12)10-17/h1-4,6,8-9H,5,7,11,16H2. The van der Waals surface area contributed by atoms with Gasteiger partial charge in [0.2, 0.25) is 0 Å². The Kier molecular flexibility index (Phi) is 4.49. The second kappa shape index (κ2) is 6.53. The molecule has 1 aromatic carbocycles. The maximum Gasteiger partial charge on any atom is 0.140 e. The van der Waals surface area contributed by atoms with Crippen molar-refractivity contribution in [1.29, 1.82) is 5.26 Å². The van der Waals surface area contributed by atoms with Crippen LogP contribution in [0.25, 0.3) is 0 Å². The Labute approximate surface area is 112 Å². The zero-order valence-electron chi connectivity index (χ0n) is 10.5. The molecular formula is C15H15N3O. The van der Waals surface area contributed by atoms with Gasteiger partial charge in [-0.05, 0) is 42.3 Å². The van der Waals surface area contributed by atoms with Crippen molar-refractivity contribution in [3.05, 3.63) is 59.4 Å². The minimum atomic E-state index is 0.399. The van der Waals surface area contributed by atoms with Gasteiger partial charge in [-0.2, -0.15) is 5.26 Å². The molecule has 0 spiro atoms. The maximum absolute atomic E-state index is 8.79. The van der Waals surface area contributed by atoms with Gasteiger partial charge in [-0.15, -0.1) is 0 Å². The third-order valence-corrected chi connectivity index (χ3v) is 2.72. The molecule has 0 aliphatic carbocycles. The van der Waals surface area contributed by atoms with Gasteiger partial charge < -0.3 is 10.5 Å². The van der Waals surface area contributed by atoms with Crippen LogP contribution in [0.1, 0.15) is 16.8 Å².